The van der Waals surface area contributed by atoms with Crippen LogP contribution in [0.15, 0.2) is 24.3 Å². The van der Waals surface area contributed by atoms with E-state index in [2.05, 4.69) is 5.48 Å². The maximum atomic E-state index is 11.5. The minimum absolute atomic E-state index is 0.154. The van der Waals surface area contributed by atoms with Crippen LogP contribution in [0.5, 0.6) is 5.75 Å². The molecule has 94 valence electrons. The van der Waals surface area contributed by atoms with Gasteiger partial charge in [-0.1, -0.05) is 26.0 Å². The van der Waals surface area contributed by atoms with Crippen LogP contribution in [0, 0.1) is 5.92 Å². The van der Waals surface area contributed by atoms with Crippen LogP contribution in [0.3, 0.4) is 0 Å². The molecule has 0 aliphatic rings. The summed E-state index contributed by atoms with van der Waals surface area (Å²) in [4.78, 5) is 16.6. The summed E-state index contributed by atoms with van der Waals surface area (Å²) in [7, 11) is 1.60. The highest BCUT2D eigenvalue weighted by Crippen LogP contribution is 2.12. The van der Waals surface area contributed by atoms with Crippen molar-refractivity contribution in [3.63, 3.8) is 0 Å². The van der Waals surface area contributed by atoms with Crippen molar-refractivity contribution in [3.8, 4) is 5.75 Å². The number of methoxy groups -OCH3 is 1. The van der Waals surface area contributed by atoms with E-state index in [0.717, 1.165) is 11.3 Å². The maximum Gasteiger partial charge on any atom is 0.247 e. The van der Waals surface area contributed by atoms with Crippen molar-refractivity contribution in [2.24, 2.45) is 5.92 Å². The van der Waals surface area contributed by atoms with Crippen LogP contribution in [0.2, 0.25) is 0 Å². The second-order valence-corrected chi connectivity index (χ2v) is 4.26. The molecule has 0 fully saturated rings. The van der Waals surface area contributed by atoms with Crippen molar-refractivity contribution in [3.05, 3.63) is 29.8 Å². The zero-order valence-corrected chi connectivity index (χ0v) is 10.5. The Balaban J connectivity index is 2.39. The molecule has 0 unspecified atom stereocenters. The van der Waals surface area contributed by atoms with Crippen molar-refractivity contribution in [2.45, 2.75) is 20.3 Å². The molecule has 1 aromatic carbocycles. The van der Waals surface area contributed by atoms with Gasteiger partial charge < -0.3 is 4.74 Å². The van der Waals surface area contributed by atoms with Crippen LogP contribution in [0.4, 0.5) is 0 Å². The molecule has 1 rings (SSSR count). The van der Waals surface area contributed by atoms with Gasteiger partial charge in [0.1, 0.15) is 5.75 Å². The van der Waals surface area contributed by atoms with Gasteiger partial charge in [0.05, 0.1) is 20.1 Å². The average molecular weight is 237 g/mol. The summed E-state index contributed by atoms with van der Waals surface area (Å²) in [5, 5.41) is 0. The monoisotopic (exact) mass is 237 g/mol. The molecule has 0 heterocycles. The van der Waals surface area contributed by atoms with Crippen LogP contribution >= 0.6 is 0 Å². The van der Waals surface area contributed by atoms with E-state index in [1.165, 1.54) is 0 Å². The first-order valence-corrected chi connectivity index (χ1v) is 5.65. The van der Waals surface area contributed by atoms with Gasteiger partial charge in [-0.05, 0) is 23.6 Å². The molecule has 0 aromatic heterocycles. The second-order valence-electron chi connectivity index (χ2n) is 4.26. The molecule has 4 heteroatoms. The number of hydrogen-bond donors (Lipinski definition) is 1. The predicted molar refractivity (Wildman–Crippen MR) is 65.6 cm³/mol. The van der Waals surface area contributed by atoms with Crippen molar-refractivity contribution in [2.75, 3.05) is 13.7 Å². The molecule has 0 atom stereocenters. The van der Waals surface area contributed by atoms with Crippen molar-refractivity contribution in [1.29, 1.82) is 0 Å². The summed E-state index contributed by atoms with van der Waals surface area (Å²) in [5.74, 6) is 0.990. The fraction of sp³-hybridized carbons (Fsp3) is 0.462. The standard InChI is InChI=1S/C13H19NO3/c1-10(2)9-17-14-13(15)8-11-5-4-6-12(7-11)16-3/h4-7,10H,8-9H2,1-3H3,(H,14,15). The molecule has 17 heavy (non-hydrogen) atoms. The molecule has 0 saturated carbocycles. The van der Waals surface area contributed by atoms with Gasteiger partial charge in [-0.2, -0.15) is 0 Å². The number of rotatable bonds is 6. The van der Waals surface area contributed by atoms with E-state index in [4.69, 9.17) is 9.57 Å². The molecular formula is C13H19NO3. The lowest BCUT2D eigenvalue weighted by molar-refractivity contribution is -0.133. The fourth-order valence-electron chi connectivity index (χ4n) is 1.29. The summed E-state index contributed by atoms with van der Waals surface area (Å²) in [6.45, 7) is 4.56. The van der Waals surface area contributed by atoms with E-state index in [0.29, 0.717) is 12.5 Å². The zero-order chi connectivity index (χ0) is 12.7. The van der Waals surface area contributed by atoms with Crippen molar-refractivity contribution in [1.82, 2.24) is 5.48 Å². The summed E-state index contributed by atoms with van der Waals surface area (Å²) >= 11 is 0. The minimum Gasteiger partial charge on any atom is -0.497 e. The molecular weight excluding hydrogens is 218 g/mol. The van der Waals surface area contributed by atoms with Crippen LogP contribution in [0.25, 0.3) is 0 Å². The largest absolute Gasteiger partial charge is 0.497 e. The van der Waals surface area contributed by atoms with Crippen LogP contribution in [-0.2, 0) is 16.1 Å². The van der Waals surface area contributed by atoms with Gasteiger partial charge >= 0.3 is 0 Å². The van der Waals surface area contributed by atoms with Gasteiger partial charge in [0, 0.05) is 0 Å². The predicted octanol–water partition coefficient (Wildman–Crippen LogP) is 1.94. The summed E-state index contributed by atoms with van der Waals surface area (Å²) in [6.07, 6.45) is 0.287. The van der Waals surface area contributed by atoms with E-state index in [9.17, 15) is 4.79 Å². The highest BCUT2D eigenvalue weighted by atomic mass is 16.6. The molecule has 4 nitrogen and oxygen atoms in total. The first kappa shape index (κ1) is 13.5. The minimum atomic E-state index is -0.154. The maximum absolute atomic E-state index is 11.5. The van der Waals surface area contributed by atoms with E-state index in [-0.39, 0.29) is 12.3 Å². The number of nitrogens with one attached hydrogen (secondary N) is 1. The quantitative estimate of drug-likeness (QED) is 0.769. The van der Waals surface area contributed by atoms with Gasteiger partial charge in [0.15, 0.2) is 0 Å². The number of ether oxygens (including phenoxy) is 1. The normalized spacial score (nSPS) is 10.4. The second kappa shape index (κ2) is 6.91. The third-order valence-corrected chi connectivity index (χ3v) is 2.10. The number of benzene rings is 1. The fourth-order valence-corrected chi connectivity index (χ4v) is 1.29. The topological polar surface area (TPSA) is 47.6 Å². The molecule has 1 N–H and O–H groups in total. The number of carbonyl (C=O) groups is 1. The van der Waals surface area contributed by atoms with Gasteiger partial charge in [0.25, 0.3) is 0 Å². The van der Waals surface area contributed by atoms with Gasteiger partial charge in [0.2, 0.25) is 5.91 Å². The Morgan fingerprint density at radius 1 is 1.41 bits per heavy atom. The van der Waals surface area contributed by atoms with Crippen LogP contribution < -0.4 is 10.2 Å². The highest BCUT2D eigenvalue weighted by Gasteiger charge is 2.04. The smallest absolute Gasteiger partial charge is 0.247 e. The number of carbonyl (C=O) groups excluding carboxylic acids is 1. The Hall–Kier alpha value is -1.55. The van der Waals surface area contributed by atoms with Crippen LogP contribution in [-0.4, -0.2) is 19.6 Å². The number of hydroxylamine groups is 1. The molecule has 0 radical (unpaired) electrons. The first-order chi connectivity index (χ1) is 8.11. The van der Waals surface area contributed by atoms with E-state index in [1.54, 1.807) is 7.11 Å². The lowest BCUT2D eigenvalue weighted by Crippen LogP contribution is -2.27. The molecule has 0 saturated heterocycles. The third-order valence-electron chi connectivity index (χ3n) is 2.10. The Bertz CT molecular complexity index is 363. The average Bonchev–Trinajstić information content (AvgIpc) is 2.28. The van der Waals surface area contributed by atoms with E-state index in [1.807, 2.05) is 38.1 Å². The Morgan fingerprint density at radius 2 is 2.18 bits per heavy atom. The van der Waals surface area contributed by atoms with Gasteiger partial charge in [-0.3, -0.25) is 9.63 Å². The molecule has 1 amide bonds. The molecule has 1 aromatic rings. The van der Waals surface area contributed by atoms with Crippen molar-refractivity contribution < 1.29 is 14.4 Å². The molecule has 0 aliphatic heterocycles. The van der Waals surface area contributed by atoms with Crippen LogP contribution in [0.1, 0.15) is 19.4 Å². The molecule has 0 bridgehead atoms. The SMILES string of the molecule is COc1cccc(CC(=O)NOCC(C)C)c1. The Morgan fingerprint density at radius 3 is 2.82 bits per heavy atom. The van der Waals surface area contributed by atoms with E-state index < -0.39 is 0 Å². The number of amides is 1. The first-order valence-electron chi connectivity index (χ1n) is 5.65. The highest BCUT2D eigenvalue weighted by molar-refractivity contribution is 5.77. The molecule has 0 aliphatic carbocycles. The third kappa shape index (κ3) is 5.36. The Kier molecular flexibility index (Phi) is 5.49. The number of hydrogen-bond acceptors (Lipinski definition) is 3. The van der Waals surface area contributed by atoms with E-state index >= 15 is 0 Å². The molecule has 0 spiro atoms. The summed E-state index contributed by atoms with van der Waals surface area (Å²) < 4.78 is 5.09. The lowest BCUT2D eigenvalue weighted by atomic mass is 10.1. The van der Waals surface area contributed by atoms with Gasteiger partial charge in [-0.15, -0.1) is 0 Å². The zero-order valence-electron chi connectivity index (χ0n) is 10.5. The summed E-state index contributed by atoms with van der Waals surface area (Å²) in [6, 6.07) is 7.42. The lowest BCUT2D eigenvalue weighted by Gasteiger charge is -2.08. The summed E-state index contributed by atoms with van der Waals surface area (Å²) in [5.41, 5.74) is 3.32. The Labute approximate surface area is 102 Å². The van der Waals surface area contributed by atoms with Gasteiger partial charge in [-0.25, -0.2) is 5.48 Å². The van der Waals surface area contributed by atoms with Crippen molar-refractivity contribution >= 4 is 5.91 Å².